The minimum absolute atomic E-state index is 0.0313. The van der Waals surface area contributed by atoms with Crippen LogP contribution < -0.4 is 15.4 Å². The largest absolute Gasteiger partial charge is 0.497 e. The third kappa shape index (κ3) is 6.30. The van der Waals surface area contributed by atoms with Crippen molar-refractivity contribution in [2.45, 2.75) is 12.6 Å². The second kappa shape index (κ2) is 10.3. The fourth-order valence-electron chi connectivity index (χ4n) is 2.77. The molecule has 3 aromatic rings. The van der Waals surface area contributed by atoms with Gasteiger partial charge in [-0.05, 0) is 36.4 Å². The summed E-state index contributed by atoms with van der Waals surface area (Å²) in [4.78, 5) is 28.5. The van der Waals surface area contributed by atoms with Crippen LogP contribution in [0.4, 0.5) is 13.2 Å². The van der Waals surface area contributed by atoms with E-state index < -0.39 is 11.7 Å². The maximum Gasteiger partial charge on any atom is 0.416 e. The van der Waals surface area contributed by atoms with Crippen LogP contribution in [0.2, 0.25) is 0 Å². The van der Waals surface area contributed by atoms with Crippen molar-refractivity contribution in [3.8, 4) is 16.3 Å². The first-order valence-electron chi connectivity index (χ1n) is 9.57. The fraction of sp³-hybridized carbons (Fsp3) is 0.227. The Bertz CT molecular complexity index is 1060. The van der Waals surface area contributed by atoms with Crippen LogP contribution in [0.3, 0.4) is 0 Å². The van der Waals surface area contributed by atoms with Crippen molar-refractivity contribution in [2.75, 3.05) is 20.2 Å². The van der Waals surface area contributed by atoms with Crippen molar-refractivity contribution in [1.29, 1.82) is 0 Å². The summed E-state index contributed by atoms with van der Waals surface area (Å²) < 4.78 is 43.1. The molecule has 0 bridgehead atoms. The fourth-order valence-corrected chi connectivity index (χ4v) is 3.60. The Morgan fingerprint density at radius 2 is 1.66 bits per heavy atom. The van der Waals surface area contributed by atoms with Gasteiger partial charge in [-0.15, -0.1) is 11.3 Å². The Morgan fingerprint density at radius 1 is 1.00 bits per heavy atom. The maximum absolute atomic E-state index is 12.7. The minimum Gasteiger partial charge on any atom is -0.497 e. The summed E-state index contributed by atoms with van der Waals surface area (Å²) >= 11 is 1.25. The lowest BCUT2D eigenvalue weighted by atomic mass is 10.1. The molecule has 0 aliphatic rings. The molecule has 0 aliphatic heterocycles. The molecule has 1 aromatic heterocycles. The molecule has 0 atom stereocenters. The molecular weight excluding hydrogens is 443 g/mol. The van der Waals surface area contributed by atoms with Crippen LogP contribution in [0.1, 0.15) is 21.6 Å². The van der Waals surface area contributed by atoms with E-state index >= 15 is 0 Å². The normalized spacial score (nSPS) is 11.1. The Hall–Kier alpha value is -3.40. The highest BCUT2D eigenvalue weighted by Gasteiger charge is 2.30. The van der Waals surface area contributed by atoms with Crippen LogP contribution in [0.25, 0.3) is 10.6 Å². The molecule has 168 valence electrons. The van der Waals surface area contributed by atoms with Crippen molar-refractivity contribution in [2.24, 2.45) is 0 Å². The molecule has 0 aliphatic carbocycles. The summed E-state index contributed by atoms with van der Waals surface area (Å²) in [5.74, 6) is 0.118. The molecule has 32 heavy (non-hydrogen) atoms. The van der Waals surface area contributed by atoms with Crippen LogP contribution in [0.15, 0.2) is 53.9 Å². The maximum atomic E-state index is 12.7. The molecule has 0 fully saturated rings. The number of ether oxygens (including phenoxy) is 1. The van der Waals surface area contributed by atoms with Gasteiger partial charge in [0.15, 0.2) is 0 Å². The number of hydrogen-bond acceptors (Lipinski definition) is 5. The molecule has 2 N–H and O–H groups in total. The van der Waals surface area contributed by atoms with E-state index in [1.165, 1.54) is 23.5 Å². The lowest BCUT2D eigenvalue weighted by Gasteiger charge is -2.07. The van der Waals surface area contributed by atoms with E-state index in [9.17, 15) is 22.8 Å². The van der Waals surface area contributed by atoms with E-state index in [4.69, 9.17) is 4.74 Å². The quantitative estimate of drug-likeness (QED) is 0.496. The molecule has 0 unspecified atom stereocenters. The highest BCUT2D eigenvalue weighted by Crippen LogP contribution is 2.31. The van der Waals surface area contributed by atoms with E-state index in [0.29, 0.717) is 27.6 Å². The number of benzene rings is 2. The number of carbonyl (C=O) groups is 2. The molecule has 10 heteroatoms. The van der Waals surface area contributed by atoms with E-state index in [-0.39, 0.29) is 31.3 Å². The van der Waals surface area contributed by atoms with Crippen molar-refractivity contribution in [1.82, 2.24) is 15.6 Å². The van der Waals surface area contributed by atoms with Crippen molar-refractivity contribution >= 4 is 23.2 Å². The Kier molecular flexibility index (Phi) is 7.47. The lowest BCUT2D eigenvalue weighted by molar-refractivity contribution is -0.137. The summed E-state index contributed by atoms with van der Waals surface area (Å²) in [7, 11) is 1.54. The van der Waals surface area contributed by atoms with Gasteiger partial charge in [0.1, 0.15) is 10.8 Å². The summed E-state index contributed by atoms with van der Waals surface area (Å²) in [6.07, 6.45) is -4.36. The summed E-state index contributed by atoms with van der Waals surface area (Å²) in [5.41, 5.74) is 0.826. The number of amides is 2. The Balaban J connectivity index is 1.43. The van der Waals surface area contributed by atoms with Crippen molar-refractivity contribution < 1.29 is 27.5 Å². The topological polar surface area (TPSA) is 80.3 Å². The SMILES string of the molecule is COc1ccc(C(=O)NCCNC(=O)Cc2csc(-c3ccc(C(F)(F)F)cc3)n2)cc1. The standard InChI is InChI=1S/C22H20F3N3O3S/c1-31-18-8-4-14(5-9-18)20(30)27-11-10-26-19(29)12-17-13-32-21(28-17)15-2-6-16(7-3-15)22(23,24)25/h2-9,13H,10-12H2,1H3,(H,26,29)(H,27,30). The number of thiazole rings is 1. The number of nitrogens with zero attached hydrogens (tertiary/aromatic N) is 1. The average Bonchev–Trinajstić information content (AvgIpc) is 3.24. The zero-order valence-electron chi connectivity index (χ0n) is 17.0. The third-order valence-electron chi connectivity index (χ3n) is 4.44. The Morgan fingerprint density at radius 3 is 2.28 bits per heavy atom. The minimum atomic E-state index is -4.39. The van der Waals surface area contributed by atoms with Gasteiger partial charge in [0.25, 0.3) is 5.91 Å². The predicted octanol–water partition coefficient (Wildman–Crippen LogP) is 3.93. The molecule has 0 radical (unpaired) electrons. The van der Waals surface area contributed by atoms with E-state index in [2.05, 4.69) is 15.6 Å². The molecule has 0 saturated carbocycles. The summed E-state index contributed by atoms with van der Waals surface area (Å²) in [6.45, 7) is 0.501. The molecule has 2 amide bonds. The van der Waals surface area contributed by atoms with Crippen LogP contribution in [0.5, 0.6) is 5.75 Å². The second-order valence-electron chi connectivity index (χ2n) is 6.73. The number of aromatic nitrogens is 1. The van der Waals surface area contributed by atoms with Crippen LogP contribution >= 0.6 is 11.3 Å². The molecule has 3 rings (SSSR count). The number of alkyl halides is 3. The molecule has 1 heterocycles. The van der Waals surface area contributed by atoms with Crippen LogP contribution in [-0.2, 0) is 17.4 Å². The van der Waals surface area contributed by atoms with Gasteiger partial charge in [-0.25, -0.2) is 4.98 Å². The van der Waals surface area contributed by atoms with Gasteiger partial charge in [-0.1, -0.05) is 12.1 Å². The van der Waals surface area contributed by atoms with Gasteiger partial charge in [-0.2, -0.15) is 13.2 Å². The van der Waals surface area contributed by atoms with Crippen LogP contribution in [-0.4, -0.2) is 37.0 Å². The van der Waals surface area contributed by atoms with E-state index in [0.717, 1.165) is 12.1 Å². The van der Waals surface area contributed by atoms with Gasteiger partial charge in [0.2, 0.25) is 5.91 Å². The number of carbonyl (C=O) groups excluding carboxylic acids is 2. The van der Waals surface area contributed by atoms with Crippen molar-refractivity contribution in [3.63, 3.8) is 0 Å². The first-order chi connectivity index (χ1) is 15.3. The van der Waals surface area contributed by atoms with E-state index in [1.807, 2.05) is 0 Å². The number of halogens is 3. The van der Waals surface area contributed by atoms with Gasteiger partial charge < -0.3 is 15.4 Å². The van der Waals surface area contributed by atoms with Crippen LogP contribution in [0, 0.1) is 0 Å². The number of hydrogen-bond donors (Lipinski definition) is 2. The first-order valence-corrected chi connectivity index (χ1v) is 10.4. The van der Waals surface area contributed by atoms with Gasteiger partial charge in [0, 0.05) is 29.6 Å². The summed E-state index contributed by atoms with van der Waals surface area (Å²) in [6, 6.07) is 11.4. The first kappa shape index (κ1) is 23.3. The second-order valence-corrected chi connectivity index (χ2v) is 7.59. The predicted molar refractivity (Wildman–Crippen MR) is 115 cm³/mol. The Labute approximate surface area is 186 Å². The van der Waals surface area contributed by atoms with Gasteiger partial charge in [0.05, 0.1) is 24.8 Å². The zero-order valence-corrected chi connectivity index (χ0v) is 17.8. The molecule has 2 aromatic carbocycles. The molecule has 0 saturated heterocycles. The lowest BCUT2D eigenvalue weighted by Crippen LogP contribution is -2.35. The smallest absolute Gasteiger partial charge is 0.416 e. The van der Waals surface area contributed by atoms with E-state index in [1.54, 1.807) is 36.8 Å². The molecule has 0 spiro atoms. The molecular formula is C22H20F3N3O3S. The van der Waals surface area contributed by atoms with Gasteiger partial charge >= 0.3 is 6.18 Å². The number of rotatable bonds is 8. The summed E-state index contributed by atoms with van der Waals surface area (Å²) in [5, 5.41) is 7.63. The monoisotopic (exact) mass is 463 g/mol. The van der Waals surface area contributed by atoms with Gasteiger partial charge in [-0.3, -0.25) is 9.59 Å². The number of methoxy groups -OCH3 is 1. The van der Waals surface area contributed by atoms with Crippen molar-refractivity contribution in [3.05, 3.63) is 70.7 Å². The zero-order chi connectivity index (χ0) is 23.1. The third-order valence-corrected chi connectivity index (χ3v) is 5.38. The number of nitrogens with one attached hydrogen (secondary N) is 2. The average molecular weight is 463 g/mol. The highest BCUT2D eigenvalue weighted by molar-refractivity contribution is 7.13. The molecule has 6 nitrogen and oxygen atoms in total. The highest BCUT2D eigenvalue weighted by atomic mass is 32.1.